The maximum atomic E-state index is 13.9. The van der Waals surface area contributed by atoms with Crippen molar-refractivity contribution in [3.8, 4) is 0 Å². The van der Waals surface area contributed by atoms with Gasteiger partial charge in [-0.2, -0.15) is 0 Å². The molecule has 1 aromatic carbocycles. The molecular formula is C20H21F3N2O. The molecule has 2 aromatic heterocycles. The Morgan fingerprint density at radius 1 is 1.19 bits per heavy atom. The van der Waals surface area contributed by atoms with E-state index in [2.05, 4.69) is 9.97 Å². The second kappa shape index (κ2) is 7.11. The van der Waals surface area contributed by atoms with Gasteiger partial charge in [0, 0.05) is 40.8 Å². The Balaban J connectivity index is 1.91. The minimum absolute atomic E-state index is 0.304. The summed E-state index contributed by atoms with van der Waals surface area (Å²) in [4.78, 5) is 7.01. The first-order valence-electron chi connectivity index (χ1n) is 8.40. The van der Waals surface area contributed by atoms with Crippen LogP contribution in [-0.4, -0.2) is 33.8 Å². The van der Waals surface area contributed by atoms with Crippen LogP contribution in [0.4, 0.5) is 13.2 Å². The van der Waals surface area contributed by atoms with E-state index >= 15 is 0 Å². The third kappa shape index (κ3) is 3.60. The van der Waals surface area contributed by atoms with E-state index in [0.717, 1.165) is 10.9 Å². The maximum absolute atomic E-state index is 13.9. The van der Waals surface area contributed by atoms with E-state index in [0.29, 0.717) is 11.3 Å². The highest BCUT2D eigenvalue weighted by molar-refractivity contribution is 5.79. The van der Waals surface area contributed by atoms with Crippen LogP contribution in [-0.2, 0) is 11.8 Å². The number of benzene rings is 1. The lowest BCUT2D eigenvalue weighted by atomic mass is 9.73. The van der Waals surface area contributed by atoms with Gasteiger partial charge in [-0.05, 0) is 24.1 Å². The van der Waals surface area contributed by atoms with Gasteiger partial charge in [0.2, 0.25) is 0 Å². The quantitative estimate of drug-likeness (QED) is 0.654. The summed E-state index contributed by atoms with van der Waals surface area (Å²) in [6, 6.07) is 12.0. The number of fused-ring (bicyclic) bond motifs is 1. The predicted octanol–water partition coefficient (Wildman–Crippen LogP) is 4.42. The van der Waals surface area contributed by atoms with E-state index in [4.69, 9.17) is 0 Å². The molecule has 3 nitrogen and oxygen atoms in total. The lowest BCUT2D eigenvalue weighted by Gasteiger charge is -2.36. The molecule has 0 aliphatic heterocycles. The molecule has 6 heteroatoms. The third-order valence-corrected chi connectivity index (χ3v) is 4.84. The number of aromatic nitrogens is 2. The minimum Gasteiger partial charge on any atom is -0.383 e. The number of nitrogens with one attached hydrogen (secondary N) is 1. The predicted molar refractivity (Wildman–Crippen MR) is 95.1 cm³/mol. The second-order valence-electron chi connectivity index (χ2n) is 7.08. The van der Waals surface area contributed by atoms with Crippen LogP contribution < -0.4 is 0 Å². The van der Waals surface area contributed by atoms with Crippen LogP contribution in [0.25, 0.3) is 10.9 Å². The SMILES string of the molecule is CC(CF)(CC(O)(Cc1cc2cnccc2[nH]1)C(F)F)c1ccccc1. The van der Waals surface area contributed by atoms with Crippen LogP contribution in [0.3, 0.4) is 0 Å². The van der Waals surface area contributed by atoms with Crippen LogP contribution in [0, 0.1) is 0 Å². The van der Waals surface area contributed by atoms with Crippen molar-refractivity contribution in [2.24, 2.45) is 0 Å². The monoisotopic (exact) mass is 362 g/mol. The Morgan fingerprint density at radius 2 is 1.92 bits per heavy atom. The van der Waals surface area contributed by atoms with Gasteiger partial charge in [0.05, 0.1) is 6.67 Å². The van der Waals surface area contributed by atoms with E-state index in [1.165, 1.54) is 0 Å². The molecule has 0 radical (unpaired) electrons. The lowest BCUT2D eigenvalue weighted by molar-refractivity contribution is -0.113. The number of rotatable bonds is 7. The average Bonchev–Trinajstić information content (AvgIpc) is 3.04. The number of hydrogen-bond acceptors (Lipinski definition) is 2. The minimum atomic E-state index is -3.01. The van der Waals surface area contributed by atoms with Crippen molar-refractivity contribution in [1.82, 2.24) is 9.97 Å². The van der Waals surface area contributed by atoms with Crippen LogP contribution in [0.5, 0.6) is 0 Å². The van der Waals surface area contributed by atoms with Crippen molar-refractivity contribution in [2.45, 2.75) is 37.2 Å². The molecule has 0 fully saturated rings. The van der Waals surface area contributed by atoms with E-state index in [9.17, 15) is 18.3 Å². The van der Waals surface area contributed by atoms with E-state index in [1.807, 2.05) is 0 Å². The summed E-state index contributed by atoms with van der Waals surface area (Å²) in [5.41, 5.74) is -1.76. The summed E-state index contributed by atoms with van der Waals surface area (Å²) in [7, 11) is 0. The molecule has 26 heavy (non-hydrogen) atoms. The highest BCUT2D eigenvalue weighted by atomic mass is 19.3. The van der Waals surface area contributed by atoms with Crippen molar-refractivity contribution < 1.29 is 18.3 Å². The summed E-state index contributed by atoms with van der Waals surface area (Å²) in [5, 5.41) is 11.5. The van der Waals surface area contributed by atoms with Crippen molar-refractivity contribution in [2.75, 3.05) is 6.67 Å². The molecule has 0 aliphatic carbocycles. The van der Waals surface area contributed by atoms with Gasteiger partial charge in [0.15, 0.2) is 0 Å². The van der Waals surface area contributed by atoms with Gasteiger partial charge in [-0.3, -0.25) is 9.37 Å². The second-order valence-corrected chi connectivity index (χ2v) is 7.08. The number of nitrogens with zero attached hydrogens (tertiary/aromatic N) is 1. The molecule has 3 aromatic rings. The maximum Gasteiger partial charge on any atom is 0.267 e. The largest absolute Gasteiger partial charge is 0.383 e. The van der Waals surface area contributed by atoms with Gasteiger partial charge in [0.25, 0.3) is 6.43 Å². The molecule has 2 unspecified atom stereocenters. The smallest absolute Gasteiger partial charge is 0.267 e. The van der Waals surface area contributed by atoms with Crippen LogP contribution >= 0.6 is 0 Å². The topological polar surface area (TPSA) is 48.9 Å². The molecule has 0 saturated heterocycles. The molecule has 0 saturated carbocycles. The summed E-state index contributed by atoms with van der Waals surface area (Å²) in [5.74, 6) is 0. The van der Waals surface area contributed by atoms with Crippen molar-refractivity contribution in [3.63, 3.8) is 0 Å². The normalized spacial score (nSPS) is 16.5. The Hall–Kier alpha value is -2.34. The summed E-state index contributed by atoms with van der Waals surface area (Å²) >= 11 is 0. The number of halogens is 3. The fraction of sp³-hybridized carbons (Fsp3) is 0.350. The van der Waals surface area contributed by atoms with Gasteiger partial charge in [-0.15, -0.1) is 0 Å². The zero-order valence-corrected chi connectivity index (χ0v) is 14.4. The molecule has 0 amide bonds. The first-order chi connectivity index (χ1) is 12.4. The highest BCUT2D eigenvalue weighted by Crippen LogP contribution is 2.38. The first-order valence-corrected chi connectivity index (χ1v) is 8.40. The highest BCUT2D eigenvalue weighted by Gasteiger charge is 2.45. The fourth-order valence-electron chi connectivity index (χ4n) is 3.42. The van der Waals surface area contributed by atoms with Crippen LogP contribution in [0.15, 0.2) is 54.9 Å². The Kier molecular flexibility index (Phi) is 5.05. The van der Waals surface area contributed by atoms with E-state index in [1.54, 1.807) is 61.8 Å². The number of hydrogen-bond donors (Lipinski definition) is 2. The zero-order chi connectivity index (χ0) is 18.8. The number of aliphatic hydroxyl groups is 1. The number of H-pyrrole nitrogens is 1. The number of aromatic amines is 1. The molecule has 138 valence electrons. The fourth-order valence-corrected chi connectivity index (χ4v) is 3.42. The Bertz CT molecular complexity index is 835. The first kappa shape index (κ1) is 18.5. The molecule has 0 bridgehead atoms. The van der Waals surface area contributed by atoms with Crippen LogP contribution in [0.2, 0.25) is 0 Å². The van der Waals surface area contributed by atoms with Gasteiger partial charge in [-0.25, -0.2) is 8.78 Å². The standard InChI is InChI=1S/C20H21F3N2O/c1-19(13-21,15-5-3-2-4-6-15)12-20(26,18(22)23)10-16-9-14-11-24-8-7-17(14)25-16/h2-9,11,18,25-26H,10,12-13H2,1H3. The van der Waals surface area contributed by atoms with Crippen molar-refractivity contribution in [3.05, 3.63) is 66.1 Å². The molecule has 0 aliphatic rings. The molecule has 2 atom stereocenters. The van der Waals surface area contributed by atoms with Crippen LogP contribution in [0.1, 0.15) is 24.6 Å². The van der Waals surface area contributed by atoms with Crippen molar-refractivity contribution >= 4 is 10.9 Å². The average molecular weight is 362 g/mol. The molecular weight excluding hydrogens is 341 g/mol. The Morgan fingerprint density at radius 3 is 2.54 bits per heavy atom. The summed E-state index contributed by atoms with van der Waals surface area (Å²) in [6.07, 6.45) is -0.501. The van der Waals surface area contributed by atoms with Gasteiger partial charge >= 0.3 is 0 Å². The van der Waals surface area contributed by atoms with E-state index in [-0.39, 0.29) is 6.42 Å². The van der Waals surface area contributed by atoms with Crippen molar-refractivity contribution in [1.29, 1.82) is 0 Å². The Labute approximate surface area is 149 Å². The molecule has 0 spiro atoms. The summed E-state index contributed by atoms with van der Waals surface area (Å²) < 4.78 is 41.5. The van der Waals surface area contributed by atoms with Gasteiger partial charge in [-0.1, -0.05) is 37.3 Å². The van der Waals surface area contributed by atoms with Gasteiger partial charge in [0.1, 0.15) is 5.60 Å². The van der Waals surface area contributed by atoms with Gasteiger partial charge < -0.3 is 10.1 Å². The number of alkyl halides is 3. The molecule has 2 N–H and O–H groups in total. The number of pyridine rings is 1. The third-order valence-electron chi connectivity index (χ3n) is 4.84. The molecule has 3 rings (SSSR count). The summed E-state index contributed by atoms with van der Waals surface area (Å²) in [6.45, 7) is 0.716. The lowest BCUT2D eigenvalue weighted by Crippen LogP contribution is -2.46. The molecule has 2 heterocycles. The van der Waals surface area contributed by atoms with E-state index < -0.39 is 30.5 Å². The zero-order valence-electron chi connectivity index (χ0n) is 14.4.